The number of amides is 1. The minimum Gasteiger partial charge on any atom is -0.408 e. The third-order valence-corrected chi connectivity index (χ3v) is 9.30. The van der Waals surface area contributed by atoms with E-state index in [1.807, 2.05) is 6.07 Å². The van der Waals surface area contributed by atoms with Gasteiger partial charge in [-0.05, 0) is 43.4 Å². The summed E-state index contributed by atoms with van der Waals surface area (Å²) in [4.78, 5) is 27.1. The SMILES string of the molecule is Cn1c(=O)oc2cc(S(=O)(=O)N3CCC(C(=O)NC4CCN(Cc5ccccc5)CC4)CC3)ccc21. The lowest BCUT2D eigenvalue weighted by atomic mass is 9.95. The van der Waals surface area contributed by atoms with Crippen LogP contribution in [0, 0.1) is 5.92 Å². The van der Waals surface area contributed by atoms with Gasteiger partial charge in [-0.3, -0.25) is 14.3 Å². The van der Waals surface area contributed by atoms with Gasteiger partial charge in [-0.25, -0.2) is 13.2 Å². The highest BCUT2D eigenvalue weighted by molar-refractivity contribution is 7.89. The number of benzene rings is 2. The molecule has 0 radical (unpaired) electrons. The van der Waals surface area contributed by atoms with Crippen LogP contribution >= 0.6 is 0 Å². The van der Waals surface area contributed by atoms with Gasteiger partial charge in [-0.2, -0.15) is 4.31 Å². The maximum absolute atomic E-state index is 13.2. The molecule has 0 saturated carbocycles. The standard InChI is InChI=1S/C26H32N4O5S/c1-28-23-8-7-22(17-24(23)35-26(28)32)36(33,34)30-15-9-20(10-16-30)25(31)27-21-11-13-29(14-12-21)18-19-5-3-2-4-6-19/h2-8,17,20-21H,9-16,18H2,1H3,(H,27,31). The highest BCUT2D eigenvalue weighted by Gasteiger charge is 2.33. The topological polar surface area (TPSA) is 105 Å². The zero-order valence-corrected chi connectivity index (χ0v) is 21.2. The van der Waals surface area contributed by atoms with E-state index in [9.17, 15) is 18.0 Å². The Hall–Kier alpha value is -2.95. The molecule has 1 N–H and O–H groups in total. The zero-order valence-electron chi connectivity index (χ0n) is 20.4. The fourth-order valence-corrected chi connectivity index (χ4v) is 6.66. The normalized spacial score (nSPS) is 19.0. The van der Waals surface area contributed by atoms with E-state index in [0.717, 1.165) is 32.5 Å². The molecule has 9 nitrogen and oxygen atoms in total. The number of rotatable bonds is 6. The lowest BCUT2D eigenvalue weighted by molar-refractivity contribution is -0.127. The molecule has 1 amide bonds. The monoisotopic (exact) mass is 512 g/mol. The first-order valence-corrected chi connectivity index (χ1v) is 13.9. The van der Waals surface area contributed by atoms with Crippen molar-refractivity contribution in [2.75, 3.05) is 26.2 Å². The van der Waals surface area contributed by atoms with Gasteiger partial charge in [-0.15, -0.1) is 0 Å². The molecule has 2 aromatic carbocycles. The molecule has 1 aromatic heterocycles. The number of hydrogen-bond acceptors (Lipinski definition) is 6. The van der Waals surface area contributed by atoms with Gasteiger partial charge in [-0.1, -0.05) is 30.3 Å². The molecular weight excluding hydrogens is 480 g/mol. The van der Waals surface area contributed by atoms with Crippen LogP contribution in [-0.4, -0.2) is 60.3 Å². The summed E-state index contributed by atoms with van der Waals surface area (Å²) in [6.45, 7) is 3.39. The Bertz CT molecular complexity index is 1380. The van der Waals surface area contributed by atoms with Crippen LogP contribution in [0.3, 0.4) is 0 Å². The third kappa shape index (κ3) is 5.11. The summed E-state index contributed by atoms with van der Waals surface area (Å²) < 4.78 is 34.2. The molecule has 0 unspecified atom stereocenters. The lowest BCUT2D eigenvalue weighted by Crippen LogP contribution is -2.48. The molecule has 5 rings (SSSR count). The third-order valence-electron chi connectivity index (χ3n) is 7.41. The van der Waals surface area contributed by atoms with Crippen LogP contribution in [0.4, 0.5) is 0 Å². The van der Waals surface area contributed by atoms with Crippen LogP contribution in [0.1, 0.15) is 31.2 Å². The molecule has 0 spiro atoms. The van der Waals surface area contributed by atoms with Gasteiger partial charge >= 0.3 is 5.76 Å². The first-order chi connectivity index (χ1) is 17.3. The summed E-state index contributed by atoms with van der Waals surface area (Å²) in [6.07, 6.45) is 2.81. The average Bonchev–Trinajstić information content (AvgIpc) is 3.18. The summed E-state index contributed by atoms with van der Waals surface area (Å²) in [5.41, 5.74) is 2.09. The predicted octanol–water partition coefficient (Wildman–Crippen LogP) is 2.31. The van der Waals surface area contributed by atoms with Gasteiger partial charge in [0.25, 0.3) is 0 Å². The number of piperidine rings is 2. The second kappa shape index (κ2) is 10.2. The number of likely N-dealkylation sites (tertiary alicyclic amines) is 1. The van der Waals surface area contributed by atoms with E-state index in [-0.39, 0.29) is 41.4 Å². The van der Waals surface area contributed by atoms with Crippen molar-refractivity contribution in [3.8, 4) is 0 Å². The van der Waals surface area contributed by atoms with Crippen molar-refractivity contribution in [2.24, 2.45) is 13.0 Å². The summed E-state index contributed by atoms with van der Waals surface area (Å²) in [7, 11) is -2.17. The first-order valence-electron chi connectivity index (χ1n) is 12.5. The Labute approximate surface area is 210 Å². The van der Waals surface area contributed by atoms with Crippen LogP contribution < -0.4 is 11.1 Å². The second-order valence-corrected chi connectivity index (χ2v) is 11.7. The Morgan fingerprint density at radius 3 is 2.39 bits per heavy atom. The molecule has 2 saturated heterocycles. The molecule has 3 aromatic rings. The van der Waals surface area contributed by atoms with Crippen molar-refractivity contribution in [3.05, 3.63) is 64.6 Å². The summed E-state index contributed by atoms with van der Waals surface area (Å²) in [5, 5.41) is 3.21. The number of aromatic nitrogens is 1. The van der Waals surface area contributed by atoms with Gasteiger partial charge in [0.05, 0.1) is 10.4 Å². The zero-order chi connectivity index (χ0) is 25.3. The predicted molar refractivity (Wildman–Crippen MR) is 136 cm³/mol. The number of hydrogen-bond donors (Lipinski definition) is 1. The number of carbonyl (C=O) groups excluding carboxylic acids is 1. The van der Waals surface area contributed by atoms with E-state index < -0.39 is 15.8 Å². The molecule has 0 bridgehead atoms. The number of nitrogens with one attached hydrogen (secondary N) is 1. The molecular formula is C26H32N4O5S. The quantitative estimate of drug-likeness (QED) is 0.544. The van der Waals surface area contributed by atoms with Gasteiger partial charge in [0, 0.05) is 57.8 Å². The fourth-order valence-electron chi connectivity index (χ4n) is 5.18. The smallest absolute Gasteiger partial charge is 0.408 e. The number of sulfonamides is 1. The molecule has 2 fully saturated rings. The van der Waals surface area contributed by atoms with Gasteiger partial charge in [0.1, 0.15) is 0 Å². The molecule has 0 atom stereocenters. The molecule has 192 valence electrons. The second-order valence-electron chi connectivity index (χ2n) is 9.78. The van der Waals surface area contributed by atoms with E-state index in [2.05, 4.69) is 34.5 Å². The Balaban J connectivity index is 1.12. The van der Waals surface area contributed by atoms with Crippen molar-refractivity contribution in [3.63, 3.8) is 0 Å². The largest absolute Gasteiger partial charge is 0.419 e. The Morgan fingerprint density at radius 1 is 1.00 bits per heavy atom. The van der Waals surface area contributed by atoms with Gasteiger partial charge in [0.15, 0.2) is 5.58 Å². The number of carbonyl (C=O) groups is 1. The van der Waals surface area contributed by atoms with E-state index in [1.54, 1.807) is 13.1 Å². The summed E-state index contributed by atoms with van der Waals surface area (Å²) in [6, 6.07) is 15.0. The first kappa shape index (κ1) is 24.7. The number of oxazole rings is 1. The van der Waals surface area contributed by atoms with Gasteiger partial charge < -0.3 is 9.73 Å². The van der Waals surface area contributed by atoms with Gasteiger partial charge in [0.2, 0.25) is 15.9 Å². The molecule has 10 heteroatoms. The van der Waals surface area contributed by atoms with Crippen LogP contribution in [-0.2, 0) is 28.4 Å². The molecule has 0 aliphatic carbocycles. The Kier molecular flexibility index (Phi) is 7.00. The average molecular weight is 513 g/mol. The number of fused-ring (bicyclic) bond motifs is 1. The van der Waals surface area contributed by atoms with Crippen molar-refractivity contribution in [1.29, 1.82) is 0 Å². The van der Waals surface area contributed by atoms with Crippen molar-refractivity contribution in [1.82, 2.24) is 19.1 Å². The van der Waals surface area contributed by atoms with Crippen LogP contribution in [0.15, 0.2) is 62.6 Å². The van der Waals surface area contributed by atoms with E-state index in [0.29, 0.717) is 18.4 Å². The maximum atomic E-state index is 13.2. The lowest BCUT2D eigenvalue weighted by Gasteiger charge is -2.34. The van der Waals surface area contributed by atoms with Crippen LogP contribution in [0.2, 0.25) is 0 Å². The minimum atomic E-state index is -3.74. The Morgan fingerprint density at radius 2 is 1.69 bits per heavy atom. The fraction of sp³-hybridized carbons (Fsp3) is 0.462. The van der Waals surface area contributed by atoms with Crippen molar-refractivity contribution in [2.45, 2.75) is 43.2 Å². The van der Waals surface area contributed by atoms with E-state index in [4.69, 9.17) is 4.42 Å². The van der Waals surface area contributed by atoms with Crippen LogP contribution in [0.25, 0.3) is 11.1 Å². The van der Waals surface area contributed by atoms with E-state index >= 15 is 0 Å². The van der Waals surface area contributed by atoms with Crippen LogP contribution in [0.5, 0.6) is 0 Å². The molecule has 3 heterocycles. The maximum Gasteiger partial charge on any atom is 0.419 e. The minimum absolute atomic E-state index is 0.0287. The summed E-state index contributed by atoms with van der Waals surface area (Å²) >= 11 is 0. The number of aryl methyl sites for hydroxylation is 1. The van der Waals surface area contributed by atoms with Crippen molar-refractivity contribution < 1.29 is 17.6 Å². The molecule has 2 aliphatic heterocycles. The highest BCUT2D eigenvalue weighted by Crippen LogP contribution is 2.26. The van der Waals surface area contributed by atoms with Crippen molar-refractivity contribution >= 4 is 27.0 Å². The van der Waals surface area contributed by atoms with E-state index in [1.165, 1.54) is 26.6 Å². The molecule has 36 heavy (non-hydrogen) atoms. The highest BCUT2D eigenvalue weighted by atomic mass is 32.2. The number of nitrogens with zero attached hydrogens (tertiary/aromatic N) is 3. The summed E-state index contributed by atoms with van der Waals surface area (Å²) in [5.74, 6) is -0.692. The molecule has 2 aliphatic rings.